The van der Waals surface area contributed by atoms with Gasteiger partial charge in [-0.15, -0.1) is 0 Å². The number of aromatic nitrogens is 1. The summed E-state index contributed by atoms with van der Waals surface area (Å²) in [6, 6.07) is 11.8. The van der Waals surface area contributed by atoms with Gasteiger partial charge in [0, 0.05) is 29.9 Å². The Morgan fingerprint density at radius 2 is 1.88 bits per heavy atom. The van der Waals surface area contributed by atoms with Crippen LogP contribution in [0.1, 0.15) is 29.2 Å². The number of carbonyl (C=O) groups is 1. The Balaban J connectivity index is 1.70. The van der Waals surface area contributed by atoms with Crippen LogP contribution >= 0.6 is 0 Å². The number of rotatable bonds is 7. The van der Waals surface area contributed by atoms with Crippen LogP contribution < -0.4 is 9.47 Å². The lowest BCUT2D eigenvalue weighted by atomic mass is 9.88. The Labute approximate surface area is 188 Å². The molecule has 1 N–H and O–H groups in total. The molecule has 0 saturated carbocycles. The number of fused-ring (bicyclic) bond motifs is 2. The molecule has 1 aliphatic rings. The van der Waals surface area contributed by atoms with Gasteiger partial charge in [-0.1, -0.05) is 18.2 Å². The first kappa shape index (κ1) is 22.2. The molecule has 1 aliphatic heterocycles. The number of carbonyl (C=O) groups excluding carboxylic acids is 1. The van der Waals surface area contributed by atoms with E-state index in [4.69, 9.17) is 9.47 Å². The van der Waals surface area contributed by atoms with Gasteiger partial charge in [0.15, 0.2) is 21.3 Å². The first-order chi connectivity index (χ1) is 15.3. The van der Waals surface area contributed by atoms with Crippen LogP contribution in [0.3, 0.4) is 0 Å². The number of sulfone groups is 1. The molecule has 2 heterocycles. The highest BCUT2D eigenvalue weighted by Gasteiger charge is 2.33. The van der Waals surface area contributed by atoms with Crippen LogP contribution in [-0.4, -0.2) is 57.0 Å². The quantitative estimate of drug-likeness (QED) is 0.589. The Kier molecular flexibility index (Phi) is 6.15. The molecule has 8 heteroatoms. The fourth-order valence-corrected chi connectivity index (χ4v) is 5.19. The minimum absolute atomic E-state index is 0.249. The minimum atomic E-state index is -3.42. The summed E-state index contributed by atoms with van der Waals surface area (Å²) in [5.74, 6) is 0.398. The highest BCUT2D eigenvalue weighted by molar-refractivity contribution is 7.91. The predicted octanol–water partition coefficient (Wildman–Crippen LogP) is 3.29. The third kappa shape index (κ3) is 4.46. The minimum Gasteiger partial charge on any atom is -0.493 e. The van der Waals surface area contributed by atoms with Gasteiger partial charge in [0.1, 0.15) is 5.75 Å². The third-order valence-electron chi connectivity index (χ3n) is 6.07. The number of benzene rings is 2. The molecule has 1 atom stereocenters. The second kappa shape index (κ2) is 8.86. The lowest BCUT2D eigenvalue weighted by Crippen LogP contribution is -2.43. The summed E-state index contributed by atoms with van der Waals surface area (Å²) in [6.07, 6.45) is 5.14. The van der Waals surface area contributed by atoms with Gasteiger partial charge in [-0.3, -0.25) is 4.79 Å². The summed E-state index contributed by atoms with van der Waals surface area (Å²) in [5, 5.41) is 1.16. The zero-order chi connectivity index (χ0) is 22.9. The molecule has 1 aromatic heterocycles. The van der Waals surface area contributed by atoms with Crippen LogP contribution in [-0.2, 0) is 27.5 Å². The van der Waals surface area contributed by atoms with Gasteiger partial charge in [0.05, 0.1) is 20.3 Å². The van der Waals surface area contributed by atoms with E-state index in [1.54, 1.807) is 19.1 Å². The molecule has 0 aliphatic carbocycles. The Bertz CT molecular complexity index is 1250. The summed E-state index contributed by atoms with van der Waals surface area (Å²) < 4.78 is 34.6. The fourth-order valence-electron chi connectivity index (χ4n) is 4.58. The number of hydrogen-bond donors (Lipinski definition) is 1. The normalized spacial score (nSPS) is 16.1. The number of nitrogens with zero attached hydrogens (tertiary/aromatic N) is 1. The van der Waals surface area contributed by atoms with E-state index in [0.29, 0.717) is 30.9 Å². The SMILES string of the molecule is COc1cc2c(cc1OC)C(CCc1c[nH]c3ccccc13)N(C(=O)CS(C)(=O)=O)CC2. The van der Waals surface area contributed by atoms with E-state index in [9.17, 15) is 13.2 Å². The van der Waals surface area contributed by atoms with Crippen molar-refractivity contribution in [1.29, 1.82) is 0 Å². The standard InChI is InChI=1S/C24H28N2O5S/c1-30-22-12-16-10-11-26(24(27)15-32(3,28)29)21(19(16)13-23(22)31-2)9-8-17-14-25-20-7-5-4-6-18(17)20/h4-7,12-14,21,25H,8-11,15H2,1-3H3. The summed E-state index contributed by atoms with van der Waals surface area (Å²) in [6.45, 7) is 0.468. The summed E-state index contributed by atoms with van der Waals surface area (Å²) in [7, 11) is -0.240. The molecular weight excluding hydrogens is 428 g/mol. The van der Waals surface area contributed by atoms with E-state index in [-0.39, 0.29) is 11.9 Å². The summed E-state index contributed by atoms with van der Waals surface area (Å²) in [5.41, 5.74) is 4.32. The zero-order valence-corrected chi connectivity index (χ0v) is 19.4. The van der Waals surface area contributed by atoms with Crippen molar-refractivity contribution in [2.24, 2.45) is 0 Å². The Morgan fingerprint density at radius 3 is 2.59 bits per heavy atom. The molecule has 7 nitrogen and oxygen atoms in total. The number of nitrogens with one attached hydrogen (secondary N) is 1. The van der Waals surface area contributed by atoms with E-state index in [2.05, 4.69) is 11.1 Å². The van der Waals surface area contributed by atoms with Crippen molar-refractivity contribution in [1.82, 2.24) is 9.88 Å². The van der Waals surface area contributed by atoms with Crippen LogP contribution in [0.25, 0.3) is 10.9 Å². The molecule has 0 spiro atoms. The molecule has 1 amide bonds. The monoisotopic (exact) mass is 456 g/mol. The molecule has 2 aromatic carbocycles. The van der Waals surface area contributed by atoms with E-state index in [0.717, 1.165) is 34.7 Å². The molecule has 32 heavy (non-hydrogen) atoms. The predicted molar refractivity (Wildman–Crippen MR) is 124 cm³/mol. The number of hydrogen-bond acceptors (Lipinski definition) is 5. The molecule has 0 bridgehead atoms. The van der Waals surface area contributed by atoms with Gasteiger partial charge in [-0.25, -0.2) is 8.42 Å². The second-order valence-corrected chi connectivity index (χ2v) is 10.4. The topological polar surface area (TPSA) is 88.7 Å². The van der Waals surface area contributed by atoms with Crippen molar-refractivity contribution < 1.29 is 22.7 Å². The van der Waals surface area contributed by atoms with Crippen LogP contribution in [0.2, 0.25) is 0 Å². The van der Waals surface area contributed by atoms with Crippen molar-refractivity contribution in [3.05, 3.63) is 59.3 Å². The molecule has 170 valence electrons. The van der Waals surface area contributed by atoms with E-state index in [1.165, 1.54) is 5.56 Å². The number of amides is 1. The van der Waals surface area contributed by atoms with Gasteiger partial charge in [-0.05, 0) is 54.2 Å². The molecule has 1 unspecified atom stereocenters. The fraction of sp³-hybridized carbons (Fsp3) is 0.375. The molecule has 0 radical (unpaired) electrons. The number of aromatic amines is 1. The Hall–Kier alpha value is -3.00. The van der Waals surface area contributed by atoms with Crippen LogP contribution in [0.5, 0.6) is 11.5 Å². The van der Waals surface area contributed by atoms with Crippen LogP contribution in [0.4, 0.5) is 0 Å². The maximum Gasteiger partial charge on any atom is 0.238 e. The highest BCUT2D eigenvalue weighted by atomic mass is 32.2. The third-order valence-corrected chi connectivity index (χ3v) is 6.84. The largest absolute Gasteiger partial charge is 0.493 e. The molecule has 4 rings (SSSR count). The van der Waals surface area contributed by atoms with Crippen molar-refractivity contribution in [2.45, 2.75) is 25.3 Å². The lowest BCUT2D eigenvalue weighted by molar-refractivity contribution is -0.131. The Morgan fingerprint density at radius 1 is 1.16 bits per heavy atom. The van der Waals surface area contributed by atoms with E-state index >= 15 is 0 Å². The zero-order valence-electron chi connectivity index (χ0n) is 18.6. The average Bonchev–Trinajstić information content (AvgIpc) is 3.18. The van der Waals surface area contributed by atoms with Crippen molar-refractivity contribution >= 4 is 26.6 Å². The molecule has 3 aromatic rings. The first-order valence-corrected chi connectivity index (χ1v) is 12.6. The van der Waals surface area contributed by atoms with Gasteiger partial charge in [0.25, 0.3) is 0 Å². The van der Waals surface area contributed by atoms with Gasteiger partial charge in [0.2, 0.25) is 5.91 Å². The maximum absolute atomic E-state index is 13.0. The lowest BCUT2D eigenvalue weighted by Gasteiger charge is -2.38. The summed E-state index contributed by atoms with van der Waals surface area (Å²) in [4.78, 5) is 18.0. The van der Waals surface area contributed by atoms with E-state index < -0.39 is 15.6 Å². The van der Waals surface area contributed by atoms with Crippen molar-refractivity contribution in [2.75, 3.05) is 32.8 Å². The molecular formula is C24H28N2O5S. The molecule has 0 saturated heterocycles. The van der Waals surface area contributed by atoms with E-state index in [1.807, 2.05) is 36.5 Å². The summed E-state index contributed by atoms with van der Waals surface area (Å²) >= 11 is 0. The average molecular weight is 457 g/mol. The maximum atomic E-state index is 13.0. The van der Waals surface area contributed by atoms with Crippen LogP contribution in [0, 0.1) is 0 Å². The number of methoxy groups -OCH3 is 2. The van der Waals surface area contributed by atoms with Gasteiger partial charge < -0.3 is 19.4 Å². The van der Waals surface area contributed by atoms with Crippen molar-refractivity contribution in [3.8, 4) is 11.5 Å². The van der Waals surface area contributed by atoms with Crippen molar-refractivity contribution in [3.63, 3.8) is 0 Å². The van der Waals surface area contributed by atoms with Gasteiger partial charge in [-0.2, -0.15) is 0 Å². The number of H-pyrrole nitrogens is 1. The second-order valence-electron chi connectivity index (χ2n) is 8.23. The highest BCUT2D eigenvalue weighted by Crippen LogP contribution is 2.40. The number of ether oxygens (including phenoxy) is 2. The first-order valence-electron chi connectivity index (χ1n) is 10.6. The molecule has 0 fully saturated rings. The number of aryl methyl sites for hydroxylation is 1. The van der Waals surface area contributed by atoms with Crippen LogP contribution in [0.15, 0.2) is 42.6 Å². The number of para-hydroxylation sites is 1. The van der Waals surface area contributed by atoms with Gasteiger partial charge >= 0.3 is 0 Å². The smallest absolute Gasteiger partial charge is 0.238 e.